The van der Waals surface area contributed by atoms with Crippen LogP contribution in [-0.2, 0) is 0 Å². The Bertz CT molecular complexity index is 559. The first-order valence-corrected chi connectivity index (χ1v) is 7.51. The molecule has 0 heterocycles. The molecule has 1 unspecified atom stereocenters. The molecule has 0 aromatic carbocycles. The van der Waals surface area contributed by atoms with E-state index in [-0.39, 0.29) is 0 Å². The molecule has 0 bridgehead atoms. The summed E-state index contributed by atoms with van der Waals surface area (Å²) in [4.78, 5) is 4.42. The standard InChI is InChI=1S/C20H27N/c1-7-21-20(18(6)15(2)3)14-17(5)19-12-8-10-16(4)11-9-13-19/h7-12,14,16H,1,13H2,2-6H3/b10-8-,11-9-,17-14+,19-12+,21-20?. The van der Waals surface area contributed by atoms with Crippen LogP contribution in [0.1, 0.15) is 41.0 Å². The zero-order valence-electron chi connectivity index (χ0n) is 14.0. The molecule has 0 spiro atoms. The normalized spacial score (nSPS) is 25.2. The van der Waals surface area contributed by atoms with E-state index < -0.39 is 0 Å². The topological polar surface area (TPSA) is 12.4 Å². The van der Waals surface area contributed by atoms with Crippen molar-refractivity contribution < 1.29 is 0 Å². The quantitative estimate of drug-likeness (QED) is 0.446. The van der Waals surface area contributed by atoms with Crippen molar-refractivity contribution >= 4 is 5.71 Å². The molecular formula is C20H27N. The summed E-state index contributed by atoms with van der Waals surface area (Å²) in [6.45, 7) is 14.4. The van der Waals surface area contributed by atoms with E-state index in [2.05, 4.69) is 82.6 Å². The van der Waals surface area contributed by atoms with Crippen molar-refractivity contribution in [3.05, 3.63) is 71.5 Å². The minimum absolute atomic E-state index is 0.512. The van der Waals surface area contributed by atoms with Crippen LogP contribution in [0.25, 0.3) is 0 Å². The highest BCUT2D eigenvalue weighted by Gasteiger charge is 2.05. The van der Waals surface area contributed by atoms with E-state index in [1.807, 2.05) is 0 Å². The van der Waals surface area contributed by atoms with Gasteiger partial charge in [-0.1, -0.05) is 49.5 Å². The van der Waals surface area contributed by atoms with Crippen LogP contribution in [-0.4, -0.2) is 5.71 Å². The molecular weight excluding hydrogens is 254 g/mol. The highest BCUT2D eigenvalue weighted by atomic mass is 14.7. The summed E-state index contributed by atoms with van der Waals surface area (Å²) in [6, 6.07) is 0. The van der Waals surface area contributed by atoms with Gasteiger partial charge in [-0.25, -0.2) is 0 Å². The predicted octanol–water partition coefficient (Wildman–Crippen LogP) is 5.95. The lowest BCUT2D eigenvalue weighted by molar-refractivity contribution is 0.927. The summed E-state index contributed by atoms with van der Waals surface area (Å²) >= 11 is 0. The lowest BCUT2D eigenvalue weighted by Gasteiger charge is -2.10. The third kappa shape index (κ3) is 5.55. The first kappa shape index (κ1) is 17.2. The first-order chi connectivity index (χ1) is 9.95. The number of aliphatic imine (C=N–C) groups is 1. The Hall–Kier alpha value is -1.89. The van der Waals surface area contributed by atoms with Crippen molar-refractivity contribution in [2.24, 2.45) is 10.9 Å². The monoisotopic (exact) mass is 281 g/mol. The molecule has 1 nitrogen and oxygen atoms in total. The van der Waals surface area contributed by atoms with E-state index in [1.165, 1.54) is 22.3 Å². The van der Waals surface area contributed by atoms with Gasteiger partial charge in [0.05, 0.1) is 5.71 Å². The Kier molecular flexibility index (Phi) is 6.87. The van der Waals surface area contributed by atoms with Crippen LogP contribution >= 0.6 is 0 Å². The van der Waals surface area contributed by atoms with Crippen molar-refractivity contribution in [2.75, 3.05) is 0 Å². The van der Waals surface area contributed by atoms with Crippen molar-refractivity contribution in [1.82, 2.24) is 0 Å². The number of rotatable bonds is 4. The maximum Gasteiger partial charge on any atom is 0.0660 e. The minimum atomic E-state index is 0.512. The molecule has 0 saturated heterocycles. The summed E-state index contributed by atoms with van der Waals surface area (Å²) < 4.78 is 0. The van der Waals surface area contributed by atoms with Crippen LogP contribution in [0.4, 0.5) is 0 Å². The summed E-state index contributed by atoms with van der Waals surface area (Å²) in [5, 5.41) is 0. The largest absolute Gasteiger partial charge is 0.257 e. The van der Waals surface area contributed by atoms with E-state index in [9.17, 15) is 0 Å². The smallest absolute Gasteiger partial charge is 0.0660 e. The maximum atomic E-state index is 4.42. The van der Waals surface area contributed by atoms with Crippen LogP contribution < -0.4 is 0 Å². The second-order valence-electron chi connectivity index (χ2n) is 5.72. The van der Waals surface area contributed by atoms with E-state index in [1.54, 1.807) is 6.20 Å². The van der Waals surface area contributed by atoms with Gasteiger partial charge in [-0.15, -0.1) is 0 Å². The Morgan fingerprint density at radius 2 is 1.95 bits per heavy atom. The molecule has 112 valence electrons. The molecule has 0 amide bonds. The van der Waals surface area contributed by atoms with Gasteiger partial charge in [-0.3, -0.25) is 4.99 Å². The average molecular weight is 281 g/mol. The third-order valence-corrected chi connectivity index (χ3v) is 3.71. The Balaban J connectivity index is 3.12. The van der Waals surface area contributed by atoms with Gasteiger partial charge in [0.1, 0.15) is 0 Å². The van der Waals surface area contributed by atoms with Crippen LogP contribution in [0.2, 0.25) is 0 Å². The summed E-state index contributed by atoms with van der Waals surface area (Å²) in [6.07, 6.45) is 15.8. The fourth-order valence-electron chi connectivity index (χ4n) is 2.08. The van der Waals surface area contributed by atoms with Crippen molar-refractivity contribution in [3.8, 4) is 0 Å². The predicted molar refractivity (Wildman–Crippen MR) is 95.6 cm³/mol. The first-order valence-electron chi connectivity index (χ1n) is 7.51. The minimum Gasteiger partial charge on any atom is -0.257 e. The van der Waals surface area contributed by atoms with Gasteiger partial charge >= 0.3 is 0 Å². The number of allylic oxidation sites excluding steroid dienone is 10. The van der Waals surface area contributed by atoms with E-state index in [4.69, 9.17) is 0 Å². The van der Waals surface area contributed by atoms with Crippen molar-refractivity contribution in [3.63, 3.8) is 0 Å². The van der Waals surface area contributed by atoms with Crippen LogP contribution in [0, 0.1) is 5.92 Å². The number of hydrogen-bond acceptors (Lipinski definition) is 1. The van der Waals surface area contributed by atoms with Crippen molar-refractivity contribution in [1.29, 1.82) is 0 Å². The zero-order valence-corrected chi connectivity index (χ0v) is 14.0. The van der Waals surface area contributed by atoms with Crippen LogP contribution in [0.3, 0.4) is 0 Å². The van der Waals surface area contributed by atoms with Gasteiger partial charge in [-0.2, -0.15) is 0 Å². The van der Waals surface area contributed by atoms with Gasteiger partial charge in [0, 0.05) is 6.20 Å². The van der Waals surface area contributed by atoms with E-state index in [0.717, 1.165) is 12.1 Å². The molecule has 1 heteroatoms. The fourth-order valence-corrected chi connectivity index (χ4v) is 2.08. The fraction of sp³-hybridized carbons (Fsp3) is 0.350. The average Bonchev–Trinajstić information content (AvgIpc) is 2.41. The van der Waals surface area contributed by atoms with Crippen LogP contribution in [0.15, 0.2) is 76.5 Å². The highest BCUT2D eigenvalue weighted by Crippen LogP contribution is 2.19. The molecule has 1 rings (SSSR count). The Morgan fingerprint density at radius 3 is 2.57 bits per heavy atom. The van der Waals surface area contributed by atoms with Crippen LogP contribution in [0.5, 0.6) is 0 Å². The molecule has 1 aliphatic rings. The summed E-state index contributed by atoms with van der Waals surface area (Å²) in [5.74, 6) is 0.512. The second kappa shape index (κ2) is 8.41. The Labute approximate surface area is 129 Å². The van der Waals surface area contributed by atoms with Gasteiger partial charge in [0.15, 0.2) is 0 Å². The second-order valence-corrected chi connectivity index (χ2v) is 5.72. The lowest BCUT2D eigenvalue weighted by atomic mass is 9.96. The van der Waals surface area contributed by atoms with Gasteiger partial charge < -0.3 is 0 Å². The van der Waals surface area contributed by atoms with E-state index in [0.29, 0.717) is 5.92 Å². The lowest BCUT2D eigenvalue weighted by Crippen LogP contribution is -2.00. The molecule has 1 atom stereocenters. The maximum absolute atomic E-state index is 4.42. The number of hydrogen-bond donors (Lipinski definition) is 0. The molecule has 0 saturated carbocycles. The molecule has 21 heavy (non-hydrogen) atoms. The van der Waals surface area contributed by atoms with E-state index >= 15 is 0 Å². The molecule has 0 fully saturated rings. The molecule has 0 radical (unpaired) electrons. The summed E-state index contributed by atoms with van der Waals surface area (Å²) in [5.41, 5.74) is 6.06. The molecule has 0 aromatic rings. The zero-order chi connectivity index (χ0) is 15.8. The Morgan fingerprint density at radius 1 is 1.24 bits per heavy atom. The molecule has 1 aliphatic carbocycles. The summed E-state index contributed by atoms with van der Waals surface area (Å²) in [7, 11) is 0. The number of nitrogens with zero attached hydrogens (tertiary/aromatic N) is 1. The third-order valence-electron chi connectivity index (χ3n) is 3.71. The SMILES string of the molecule is C=CN=C(/C=C(C)/C1=C/C=C\C(C)/C=C\C1)C(C)=C(C)C. The molecule has 0 aromatic heterocycles. The molecule has 0 aliphatic heterocycles. The highest BCUT2D eigenvalue weighted by molar-refractivity contribution is 6.09. The molecule has 0 N–H and O–H groups in total. The van der Waals surface area contributed by atoms with Gasteiger partial charge in [-0.05, 0) is 62.8 Å². The van der Waals surface area contributed by atoms with Gasteiger partial charge in [0.25, 0.3) is 0 Å². The van der Waals surface area contributed by atoms with Gasteiger partial charge in [0.2, 0.25) is 0 Å². The van der Waals surface area contributed by atoms with Crippen molar-refractivity contribution in [2.45, 2.75) is 41.0 Å².